The number of piperazine rings is 1. The quantitative estimate of drug-likeness (QED) is 0.252. The zero-order chi connectivity index (χ0) is 32.5. The van der Waals surface area contributed by atoms with Crippen molar-refractivity contribution in [3.8, 4) is 34.3 Å². The number of hydroxylamine groups is 2. The van der Waals surface area contributed by atoms with Crippen molar-refractivity contribution in [2.75, 3.05) is 43.4 Å². The van der Waals surface area contributed by atoms with E-state index in [4.69, 9.17) is 34.9 Å². The minimum atomic E-state index is -0.458. The van der Waals surface area contributed by atoms with Crippen molar-refractivity contribution in [3.63, 3.8) is 0 Å². The Balaban J connectivity index is 0.895. The number of carbonyl (C=O) groups excluding carboxylic acids is 1. The SMILES string of the molecule is Nc1ncnc2c1c(-c1ccc(Oc3ccccc3)cc1)nn2CCC(=O)N1CCN(c2[c]c3c(cc2)ON(C2CCONO2)O3)CC1. The molecule has 2 fully saturated rings. The van der Waals surface area contributed by atoms with E-state index < -0.39 is 6.23 Å². The number of nitrogens with zero attached hydrogens (tertiary/aromatic N) is 7. The molecule has 48 heavy (non-hydrogen) atoms. The topological polar surface area (TPSA) is 155 Å². The van der Waals surface area contributed by atoms with E-state index in [-0.39, 0.29) is 12.3 Å². The third kappa shape index (κ3) is 6.02. The van der Waals surface area contributed by atoms with Crippen LogP contribution in [0.5, 0.6) is 23.0 Å². The van der Waals surface area contributed by atoms with Crippen molar-refractivity contribution >= 4 is 28.4 Å². The number of carbonyl (C=O) groups is 1. The maximum atomic E-state index is 13.3. The van der Waals surface area contributed by atoms with Gasteiger partial charge in [-0.05, 0) is 48.5 Å². The Bertz CT molecular complexity index is 1910. The zero-order valence-electron chi connectivity index (χ0n) is 25.8. The molecule has 245 valence electrons. The average molecular weight is 651 g/mol. The lowest BCUT2D eigenvalue weighted by Crippen LogP contribution is -2.49. The predicted octanol–water partition coefficient (Wildman–Crippen LogP) is 3.49. The van der Waals surface area contributed by atoms with Gasteiger partial charge in [-0.25, -0.2) is 14.6 Å². The number of anilines is 2. The number of fused-ring (bicyclic) bond motifs is 2. The molecule has 3 aliphatic rings. The highest BCUT2D eigenvalue weighted by atomic mass is 17.0. The van der Waals surface area contributed by atoms with Crippen LogP contribution in [0.1, 0.15) is 12.8 Å². The van der Waals surface area contributed by atoms with Crippen molar-refractivity contribution in [2.24, 2.45) is 0 Å². The number of nitrogens with one attached hydrogen (secondary N) is 1. The summed E-state index contributed by atoms with van der Waals surface area (Å²) >= 11 is 0. The fourth-order valence-corrected chi connectivity index (χ4v) is 5.85. The second kappa shape index (κ2) is 13.0. The van der Waals surface area contributed by atoms with Gasteiger partial charge in [-0.2, -0.15) is 5.10 Å². The van der Waals surface area contributed by atoms with Gasteiger partial charge in [0.15, 0.2) is 11.4 Å². The van der Waals surface area contributed by atoms with Gasteiger partial charge in [0.2, 0.25) is 17.9 Å². The predicted molar refractivity (Wildman–Crippen MR) is 172 cm³/mol. The van der Waals surface area contributed by atoms with Gasteiger partial charge in [0.05, 0.1) is 29.8 Å². The largest absolute Gasteiger partial charge is 0.457 e. The van der Waals surface area contributed by atoms with Crippen LogP contribution in [0.25, 0.3) is 22.3 Å². The Labute approximate surface area is 275 Å². The van der Waals surface area contributed by atoms with Crippen LogP contribution in [-0.2, 0) is 21.0 Å². The van der Waals surface area contributed by atoms with E-state index in [1.54, 1.807) is 4.68 Å². The first-order chi connectivity index (χ1) is 23.6. The fourth-order valence-electron chi connectivity index (χ4n) is 5.85. The number of hydrogen-bond donors (Lipinski definition) is 2. The zero-order valence-corrected chi connectivity index (χ0v) is 25.8. The molecule has 3 aliphatic heterocycles. The Morgan fingerprint density at radius 3 is 2.58 bits per heavy atom. The van der Waals surface area contributed by atoms with Gasteiger partial charge in [-0.1, -0.05) is 23.8 Å². The number of para-hydroxylation sites is 1. The number of aryl methyl sites for hydroxylation is 1. The van der Waals surface area contributed by atoms with E-state index >= 15 is 0 Å². The first-order valence-electron chi connectivity index (χ1n) is 15.7. The van der Waals surface area contributed by atoms with Crippen molar-refractivity contribution in [1.82, 2.24) is 35.5 Å². The molecule has 1 unspecified atom stereocenters. The molecule has 0 spiro atoms. The van der Waals surface area contributed by atoms with Crippen molar-refractivity contribution in [3.05, 3.63) is 79.1 Å². The van der Waals surface area contributed by atoms with Crippen LogP contribution in [0, 0.1) is 6.07 Å². The number of nitrogen functional groups attached to an aromatic ring is 1. The van der Waals surface area contributed by atoms with Crippen LogP contribution in [0.3, 0.4) is 0 Å². The molecule has 8 rings (SSSR count). The van der Waals surface area contributed by atoms with Gasteiger partial charge >= 0.3 is 0 Å². The molecular weight excluding hydrogens is 618 g/mol. The van der Waals surface area contributed by atoms with Gasteiger partial charge < -0.3 is 29.9 Å². The number of ether oxygens (including phenoxy) is 1. The lowest BCUT2D eigenvalue weighted by Gasteiger charge is -2.36. The summed E-state index contributed by atoms with van der Waals surface area (Å²) in [6.45, 7) is 3.27. The lowest BCUT2D eigenvalue weighted by molar-refractivity contribution is -0.376. The Morgan fingerprint density at radius 2 is 1.79 bits per heavy atom. The normalized spacial score (nSPS) is 18.0. The standard InChI is InChI=1S/C33H32N9O6/c34-32-30-31(22-6-9-25(10-7-22)45-24-4-2-1-3-5-24)37-41(33(30)36-21-35-32)14-12-28(43)40-17-15-39(16-18-40)23-8-11-26-27(20-23)48-42(47-26)29-13-19-44-38-46-29/h1-11,21,29,38H,12-19H2,(H2,34,35,36). The first kappa shape index (κ1) is 29.9. The summed E-state index contributed by atoms with van der Waals surface area (Å²) in [6.07, 6.45) is 1.79. The van der Waals surface area contributed by atoms with Crippen LogP contribution in [0.15, 0.2) is 73.1 Å². The van der Waals surface area contributed by atoms with E-state index in [9.17, 15) is 4.79 Å². The van der Waals surface area contributed by atoms with Crippen LogP contribution in [-0.4, -0.2) is 74.8 Å². The molecule has 1 radical (unpaired) electrons. The van der Waals surface area contributed by atoms with Gasteiger partial charge in [-0.3, -0.25) is 14.5 Å². The molecule has 15 nitrogen and oxygen atoms in total. The summed E-state index contributed by atoms with van der Waals surface area (Å²) in [4.78, 5) is 47.9. The molecule has 3 aromatic carbocycles. The maximum Gasteiger partial charge on any atom is 0.224 e. The number of amides is 1. The Kier molecular flexibility index (Phi) is 8.07. The van der Waals surface area contributed by atoms with E-state index in [1.807, 2.05) is 71.6 Å². The molecule has 0 aliphatic carbocycles. The number of aromatic nitrogens is 4. The molecule has 3 N–H and O–H groups in total. The van der Waals surface area contributed by atoms with Crippen LogP contribution in [0.2, 0.25) is 0 Å². The summed E-state index contributed by atoms with van der Waals surface area (Å²) in [5.74, 6) is 2.85. The maximum absolute atomic E-state index is 13.3. The highest BCUT2D eigenvalue weighted by molar-refractivity contribution is 5.98. The average Bonchev–Trinajstić information content (AvgIpc) is 3.74. The van der Waals surface area contributed by atoms with Crippen LogP contribution < -0.4 is 30.7 Å². The molecule has 1 amide bonds. The summed E-state index contributed by atoms with van der Waals surface area (Å²) in [5.41, 5.74) is 11.6. The monoisotopic (exact) mass is 650 g/mol. The minimum Gasteiger partial charge on any atom is -0.457 e. The second-order valence-electron chi connectivity index (χ2n) is 11.4. The molecule has 2 saturated heterocycles. The highest BCUT2D eigenvalue weighted by Crippen LogP contribution is 2.38. The third-order valence-electron chi connectivity index (χ3n) is 8.35. The molecule has 0 bridgehead atoms. The highest BCUT2D eigenvalue weighted by Gasteiger charge is 2.34. The third-order valence-corrected chi connectivity index (χ3v) is 8.35. The molecular formula is C33H32N9O6. The van der Waals surface area contributed by atoms with Gasteiger partial charge in [-0.15, -0.1) is 0 Å². The first-order valence-corrected chi connectivity index (χ1v) is 15.7. The summed E-state index contributed by atoms with van der Waals surface area (Å²) in [5, 5.41) is 6.77. The van der Waals surface area contributed by atoms with Crippen molar-refractivity contribution in [2.45, 2.75) is 25.6 Å². The smallest absolute Gasteiger partial charge is 0.224 e. The second-order valence-corrected chi connectivity index (χ2v) is 11.4. The van der Waals surface area contributed by atoms with E-state index in [0.717, 1.165) is 17.0 Å². The molecule has 15 heteroatoms. The number of hydrogen-bond acceptors (Lipinski definition) is 13. The Hall–Kier alpha value is -5.48. The van der Waals surface area contributed by atoms with Crippen molar-refractivity contribution in [1.29, 1.82) is 0 Å². The summed E-state index contributed by atoms with van der Waals surface area (Å²) in [7, 11) is 0. The van der Waals surface area contributed by atoms with Gasteiger partial charge in [0, 0.05) is 50.3 Å². The number of rotatable bonds is 8. The molecule has 2 aromatic heterocycles. The molecule has 5 aromatic rings. The Morgan fingerprint density at radius 1 is 0.979 bits per heavy atom. The van der Waals surface area contributed by atoms with Crippen LogP contribution in [0.4, 0.5) is 11.5 Å². The van der Waals surface area contributed by atoms with Gasteiger partial charge in [0.25, 0.3) is 0 Å². The van der Waals surface area contributed by atoms with E-state index in [2.05, 4.69) is 26.6 Å². The summed E-state index contributed by atoms with van der Waals surface area (Å²) in [6, 6.07) is 24.3. The summed E-state index contributed by atoms with van der Waals surface area (Å²) < 4.78 is 7.67. The minimum absolute atomic E-state index is 0.0414. The number of benzene rings is 3. The molecule has 0 saturated carbocycles. The van der Waals surface area contributed by atoms with Crippen molar-refractivity contribution < 1.29 is 28.9 Å². The molecule has 5 heterocycles. The lowest BCUT2D eigenvalue weighted by atomic mass is 10.1. The number of nitrogens with two attached hydrogens (primary N) is 1. The fraction of sp³-hybridized carbons (Fsp3) is 0.273. The van der Waals surface area contributed by atoms with E-state index in [1.165, 1.54) is 11.6 Å². The van der Waals surface area contributed by atoms with E-state index in [0.29, 0.717) is 85.5 Å². The molecule has 1 atom stereocenters. The van der Waals surface area contributed by atoms with Crippen LogP contribution >= 0.6 is 0 Å². The van der Waals surface area contributed by atoms with Gasteiger partial charge in [0.1, 0.15) is 29.3 Å².